The number of likely N-dealkylation sites (N-methyl/N-ethyl adjacent to an activating group) is 1. The molecule has 3 aromatic rings. The predicted octanol–water partition coefficient (Wildman–Crippen LogP) is 5.06. The molecule has 3 heterocycles. The molecule has 194 valence electrons. The van der Waals surface area contributed by atoms with E-state index in [1.807, 2.05) is 48.9 Å². The molecule has 37 heavy (non-hydrogen) atoms. The number of aryl methyl sites for hydroxylation is 1. The van der Waals surface area contributed by atoms with Crippen LogP contribution in [0.2, 0.25) is 0 Å². The fourth-order valence-corrected chi connectivity index (χ4v) is 5.37. The Bertz CT molecular complexity index is 1370. The molecule has 2 fully saturated rings. The second-order valence-corrected chi connectivity index (χ2v) is 9.56. The maximum Gasteiger partial charge on any atom is 0.250 e. The van der Waals surface area contributed by atoms with Crippen molar-refractivity contribution >= 4 is 12.0 Å². The summed E-state index contributed by atoms with van der Waals surface area (Å²) < 4.78 is 50.1. The van der Waals surface area contributed by atoms with Crippen molar-refractivity contribution in [2.45, 2.75) is 38.8 Å². The summed E-state index contributed by atoms with van der Waals surface area (Å²) in [7, 11) is 1.59. The summed E-state index contributed by atoms with van der Waals surface area (Å²) >= 11 is 0. The van der Waals surface area contributed by atoms with Crippen molar-refractivity contribution in [2.24, 2.45) is 0 Å². The lowest BCUT2D eigenvalue weighted by Crippen LogP contribution is -2.58. The van der Waals surface area contributed by atoms with Crippen LogP contribution in [0.4, 0.5) is 13.2 Å². The summed E-state index contributed by atoms with van der Waals surface area (Å²) in [5.41, 5.74) is 3.08. The number of ether oxygens (including phenoxy) is 1. The van der Waals surface area contributed by atoms with E-state index in [-0.39, 0.29) is 17.5 Å². The molecule has 2 atom stereocenters. The van der Waals surface area contributed by atoms with Gasteiger partial charge in [-0.25, -0.2) is 18.2 Å². The summed E-state index contributed by atoms with van der Waals surface area (Å²) in [6.07, 6.45) is 6.70. The van der Waals surface area contributed by atoms with Crippen molar-refractivity contribution in [1.29, 1.82) is 0 Å². The molecule has 2 saturated heterocycles. The molecule has 6 nitrogen and oxygen atoms in total. The van der Waals surface area contributed by atoms with Crippen molar-refractivity contribution in [3.63, 3.8) is 0 Å². The van der Waals surface area contributed by atoms with Gasteiger partial charge in [-0.05, 0) is 56.1 Å². The monoisotopic (exact) mass is 510 g/mol. The van der Waals surface area contributed by atoms with Crippen LogP contribution in [0.15, 0.2) is 48.4 Å². The molecule has 0 saturated carbocycles. The van der Waals surface area contributed by atoms with E-state index in [2.05, 4.69) is 9.88 Å². The number of methoxy groups -OCH3 is 1. The quantitative estimate of drug-likeness (QED) is 0.356. The number of hydrogen-bond acceptors (Lipinski definition) is 4. The third-order valence-electron chi connectivity index (χ3n) is 7.29. The fraction of sp³-hybridized carbons (Fsp3) is 0.357. The number of piperazine rings is 1. The standard InChI is InChI=1S/C28H29F3N4O2/c1-4-33-14-20-7-6-19(11-18-5-10-23(25(12-18)37-3)34-13-17(2)32-16-34)28(36)35(20)24(15-33)21-8-9-22(29)27(31)26(21)30/h5,8-13,16,20,24H,4,6-7,14-15H2,1-3H3/t20-,24-/m1/s1. The molecule has 1 amide bonds. The molecule has 0 unspecified atom stereocenters. The lowest BCUT2D eigenvalue weighted by atomic mass is 9.88. The normalized spacial score (nSPS) is 21.4. The average Bonchev–Trinajstić information content (AvgIpc) is 3.34. The highest BCUT2D eigenvalue weighted by molar-refractivity contribution is 5.99. The maximum atomic E-state index is 14.9. The number of carbonyl (C=O) groups excluding carboxylic acids is 1. The topological polar surface area (TPSA) is 50.6 Å². The fourth-order valence-electron chi connectivity index (χ4n) is 5.37. The van der Waals surface area contributed by atoms with Crippen LogP contribution < -0.4 is 4.74 Å². The molecule has 9 heteroatoms. The second-order valence-electron chi connectivity index (χ2n) is 9.56. The smallest absolute Gasteiger partial charge is 0.250 e. The molecular weight excluding hydrogens is 481 g/mol. The van der Waals surface area contributed by atoms with Gasteiger partial charge < -0.3 is 14.2 Å². The van der Waals surface area contributed by atoms with Gasteiger partial charge in [0.15, 0.2) is 17.5 Å². The number of piperidine rings is 1. The van der Waals surface area contributed by atoms with E-state index >= 15 is 0 Å². The summed E-state index contributed by atoms with van der Waals surface area (Å²) in [6.45, 7) is 5.62. The number of hydrogen-bond donors (Lipinski definition) is 0. The molecule has 2 aliphatic rings. The van der Waals surface area contributed by atoms with Gasteiger partial charge in [-0.3, -0.25) is 9.69 Å². The Balaban J connectivity index is 1.49. The van der Waals surface area contributed by atoms with Crippen molar-refractivity contribution in [3.8, 4) is 11.4 Å². The summed E-state index contributed by atoms with van der Waals surface area (Å²) in [6, 6.07) is 6.99. The van der Waals surface area contributed by atoms with Crippen molar-refractivity contribution < 1.29 is 22.7 Å². The highest BCUT2D eigenvalue weighted by Crippen LogP contribution is 2.38. The number of nitrogens with zero attached hydrogens (tertiary/aromatic N) is 4. The molecule has 5 rings (SSSR count). The zero-order valence-corrected chi connectivity index (χ0v) is 21.0. The number of fused-ring (bicyclic) bond motifs is 1. The number of rotatable bonds is 5. The summed E-state index contributed by atoms with van der Waals surface area (Å²) in [5, 5.41) is 0. The van der Waals surface area contributed by atoms with Gasteiger partial charge >= 0.3 is 0 Å². The van der Waals surface area contributed by atoms with Crippen LogP contribution in [0, 0.1) is 24.4 Å². The highest BCUT2D eigenvalue weighted by Gasteiger charge is 2.42. The van der Waals surface area contributed by atoms with Gasteiger partial charge in [0.25, 0.3) is 5.91 Å². The first-order chi connectivity index (χ1) is 17.8. The Kier molecular flexibility index (Phi) is 6.81. The van der Waals surface area contributed by atoms with Crippen molar-refractivity contribution in [3.05, 3.63) is 82.7 Å². The van der Waals surface area contributed by atoms with Gasteiger partial charge in [0.2, 0.25) is 0 Å². The Morgan fingerprint density at radius 3 is 2.65 bits per heavy atom. The van der Waals surface area contributed by atoms with E-state index < -0.39 is 23.5 Å². The minimum Gasteiger partial charge on any atom is -0.495 e. The second kappa shape index (κ2) is 10.0. The molecule has 0 spiro atoms. The summed E-state index contributed by atoms with van der Waals surface area (Å²) in [5.74, 6) is -3.57. The van der Waals surface area contributed by atoms with Crippen LogP contribution in [-0.2, 0) is 4.79 Å². The van der Waals surface area contributed by atoms with Gasteiger partial charge in [0.05, 0.1) is 30.9 Å². The van der Waals surface area contributed by atoms with Gasteiger partial charge in [-0.2, -0.15) is 0 Å². The molecule has 0 aliphatic carbocycles. The molecule has 0 N–H and O–H groups in total. The lowest BCUT2D eigenvalue weighted by Gasteiger charge is -2.49. The van der Waals surface area contributed by atoms with Crippen LogP contribution in [0.3, 0.4) is 0 Å². The van der Waals surface area contributed by atoms with E-state index in [1.54, 1.807) is 18.3 Å². The number of carbonyl (C=O) groups is 1. The zero-order valence-electron chi connectivity index (χ0n) is 21.0. The SMILES string of the molecule is CCN1C[C@H]2CCC(=Cc3ccc(-n4cnc(C)c4)c(OC)c3)C(=O)N2[C@@H](c2ccc(F)c(F)c2F)C1. The molecular formula is C28H29F3N4O2. The van der Waals surface area contributed by atoms with Gasteiger partial charge in [0, 0.05) is 36.5 Å². The first-order valence-corrected chi connectivity index (χ1v) is 12.4. The van der Waals surface area contributed by atoms with E-state index in [9.17, 15) is 18.0 Å². The number of amides is 1. The van der Waals surface area contributed by atoms with E-state index in [0.717, 1.165) is 23.0 Å². The van der Waals surface area contributed by atoms with Gasteiger partial charge in [-0.15, -0.1) is 0 Å². The van der Waals surface area contributed by atoms with Gasteiger partial charge in [-0.1, -0.05) is 19.1 Å². The van der Waals surface area contributed by atoms with Crippen LogP contribution in [-0.4, -0.2) is 58.0 Å². The number of halogens is 3. The Morgan fingerprint density at radius 2 is 1.95 bits per heavy atom. The third kappa shape index (κ3) is 4.64. The molecule has 2 aromatic carbocycles. The first kappa shape index (κ1) is 25.1. The van der Waals surface area contributed by atoms with E-state index in [4.69, 9.17) is 4.74 Å². The minimum absolute atomic E-state index is 0.00158. The zero-order chi connectivity index (χ0) is 26.3. The Hall–Kier alpha value is -3.59. The molecule has 2 aliphatic heterocycles. The Morgan fingerprint density at radius 1 is 1.14 bits per heavy atom. The van der Waals surface area contributed by atoms with Crippen molar-refractivity contribution in [1.82, 2.24) is 19.4 Å². The number of benzene rings is 2. The minimum atomic E-state index is -1.51. The van der Waals surface area contributed by atoms with Crippen LogP contribution in [0.5, 0.6) is 5.75 Å². The van der Waals surface area contributed by atoms with Crippen LogP contribution in [0.25, 0.3) is 11.8 Å². The number of imidazole rings is 1. The molecule has 1 aromatic heterocycles. The highest BCUT2D eigenvalue weighted by atomic mass is 19.2. The third-order valence-corrected chi connectivity index (χ3v) is 7.29. The number of aromatic nitrogens is 2. The van der Waals surface area contributed by atoms with Gasteiger partial charge in [0.1, 0.15) is 5.75 Å². The van der Waals surface area contributed by atoms with E-state index in [0.29, 0.717) is 43.8 Å². The summed E-state index contributed by atoms with van der Waals surface area (Å²) in [4.78, 5) is 21.8. The molecule has 0 radical (unpaired) electrons. The van der Waals surface area contributed by atoms with Crippen LogP contribution >= 0.6 is 0 Å². The van der Waals surface area contributed by atoms with Crippen molar-refractivity contribution in [2.75, 3.05) is 26.7 Å². The average molecular weight is 511 g/mol. The predicted molar refractivity (Wildman–Crippen MR) is 134 cm³/mol. The maximum absolute atomic E-state index is 14.9. The molecule has 0 bridgehead atoms. The largest absolute Gasteiger partial charge is 0.495 e. The van der Waals surface area contributed by atoms with Crippen LogP contribution in [0.1, 0.15) is 42.6 Å². The lowest BCUT2D eigenvalue weighted by molar-refractivity contribution is -0.139. The van der Waals surface area contributed by atoms with E-state index in [1.165, 1.54) is 6.07 Å². The Labute approximate surface area is 214 Å². The first-order valence-electron chi connectivity index (χ1n) is 12.4.